The number of nitrogens with one attached hydrogen (secondary N) is 1. The molecule has 5 heteroatoms. The van der Waals surface area contributed by atoms with Crippen LogP contribution in [0.4, 0.5) is 0 Å². The van der Waals surface area contributed by atoms with Crippen LogP contribution in [0, 0.1) is 5.92 Å². The van der Waals surface area contributed by atoms with Crippen LogP contribution in [0.2, 0.25) is 0 Å². The van der Waals surface area contributed by atoms with Gasteiger partial charge in [0.15, 0.2) is 5.78 Å². The molecule has 2 unspecified atom stereocenters. The smallest absolute Gasteiger partial charge is 0.268 e. The average Bonchev–Trinajstić information content (AvgIpc) is 2.70. The van der Waals surface area contributed by atoms with E-state index in [-0.39, 0.29) is 30.3 Å². The van der Waals surface area contributed by atoms with Gasteiger partial charge >= 0.3 is 0 Å². The van der Waals surface area contributed by atoms with Gasteiger partial charge in [-0.25, -0.2) is 0 Å². The number of aliphatic hydroxyl groups is 1. The molecular weight excluding hydrogens is 268 g/mol. The Morgan fingerprint density at radius 2 is 2.05 bits per heavy atom. The molecule has 21 heavy (non-hydrogen) atoms. The average molecular weight is 292 g/mol. The maximum absolute atomic E-state index is 12.4. The fourth-order valence-corrected chi connectivity index (χ4v) is 3.02. The molecule has 0 radical (unpaired) electrons. The van der Waals surface area contributed by atoms with Crippen LogP contribution in [0.5, 0.6) is 0 Å². The molecule has 0 aliphatic heterocycles. The Balaban J connectivity index is 2.10. The van der Waals surface area contributed by atoms with Gasteiger partial charge in [0, 0.05) is 37.4 Å². The second kappa shape index (κ2) is 6.89. The lowest BCUT2D eigenvalue weighted by atomic mass is 9.95. The lowest BCUT2D eigenvalue weighted by Crippen LogP contribution is -2.41. The van der Waals surface area contributed by atoms with Gasteiger partial charge in [-0.05, 0) is 25.8 Å². The van der Waals surface area contributed by atoms with Crippen LogP contribution in [0.25, 0.3) is 0 Å². The number of rotatable bonds is 4. The van der Waals surface area contributed by atoms with E-state index in [1.165, 1.54) is 6.92 Å². The predicted molar refractivity (Wildman–Crippen MR) is 80.3 cm³/mol. The molecule has 1 fully saturated rings. The van der Waals surface area contributed by atoms with Crippen LogP contribution < -0.4 is 5.32 Å². The zero-order valence-electron chi connectivity index (χ0n) is 12.8. The molecule has 0 spiro atoms. The highest BCUT2D eigenvalue weighted by atomic mass is 16.3. The zero-order chi connectivity index (χ0) is 15.4. The van der Waals surface area contributed by atoms with Crippen LogP contribution >= 0.6 is 0 Å². The third-order valence-electron chi connectivity index (χ3n) is 4.35. The number of carbonyl (C=O) groups is 2. The monoisotopic (exact) mass is 292 g/mol. The highest BCUT2D eigenvalue weighted by molar-refractivity contribution is 5.99. The lowest BCUT2D eigenvalue weighted by molar-refractivity contribution is 0.0891. The highest BCUT2D eigenvalue weighted by Crippen LogP contribution is 2.23. The SMILES string of the molecule is CC(=O)c1cc(C(=O)NC2CCCCCC2CO)n(C)c1. The summed E-state index contributed by atoms with van der Waals surface area (Å²) >= 11 is 0. The second-order valence-corrected chi connectivity index (χ2v) is 5.94. The third kappa shape index (κ3) is 3.73. The fraction of sp³-hybridized carbons (Fsp3) is 0.625. The molecule has 2 rings (SSSR count). The van der Waals surface area contributed by atoms with E-state index in [0.29, 0.717) is 11.3 Å². The number of amides is 1. The number of Topliss-reactive ketones (excluding diaryl/α,β-unsaturated/α-hetero) is 1. The van der Waals surface area contributed by atoms with Gasteiger partial charge in [0.05, 0.1) is 0 Å². The summed E-state index contributed by atoms with van der Waals surface area (Å²) in [7, 11) is 1.76. The van der Waals surface area contributed by atoms with Crippen molar-refractivity contribution in [1.29, 1.82) is 0 Å². The molecule has 2 N–H and O–H groups in total. The van der Waals surface area contributed by atoms with Crippen LogP contribution in [0.1, 0.15) is 59.9 Å². The molecular formula is C16H24N2O3. The summed E-state index contributed by atoms with van der Waals surface area (Å²) < 4.78 is 1.68. The number of aliphatic hydroxyl groups excluding tert-OH is 1. The summed E-state index contributed by atoms with van der Waals surface area (Å²) in [4.78, 5) is 23.8. The quantitative estimate of drug-likeness (QED) is 0.657. The van der Waals surface area contributed by atoms with Crippen LogP contribution in [0.3, 0.4) is 0 Å². The summed E-state index contributed by atoms with van der Waals surface area (Å²) in [5, 5.41) is 12.5. The first kappa shape index (κ1) is 15.8. The van der Waals surface area contributed by atoms with E-state index in [2.05, 4.69) is 5.32 Å². The number of aromatic nitrogens is 1. The van der Waals surface area contributed by atoms with E-state index in [1.807, 2.05) is 0 Å². The maximum atomic E-state index is 12.4. The van der Waals surface area contributed by atoms with Crippen LogP contribution in [0.15, 0.2) is 12.3 Å². The van der Waals surface area contributed by atoms with Gasteiger partial charge in [0.25, 0.3) is 5.91 Å². The normalized spacial score (nSPS) is 22.6. The number of hydrogen-bond donors (Lipinski definition) is 2. The third-order valence-corrected chi connectivity index (χ3v) is 4.35. The minimum absolute atomic E-state index is 0.0145. The summed E-state index contributed by atoms with van der Waals surface area (Å²) in [6.45, 7) is 1.60. The Bertz CT molecular complexity index is 522. The van der Waals surface area contributed by atoms with Crippen molar-refractivity contribution in [2.45, 2.75) is 45.1 Å². The lowest BCUT2D eigenvalue weighted by Gasteiger charge is -2.24. The number of ketones is 1. The van der Waals surface area contributed by atoms with Gasteiger partial charge < -0.3 is 15.0 Å². The summed E-state index contributed by atoms with van der Waals surface area (Å²) in [5.41, 5.74) is 1.03. The number of carbonyl (C=O) groups excluding carboxylic acids is 2. The van der Waals surface area contributed by atoms with Gasteiger partial charge in [-0.1, -0.05) is 19.3 Å². The topological polar surface area (TPSA) is 71.3 Å². The summed E-state index contributed by atoms with van der Waals surface area (Å²) in [6, 6.07) is 1.64. The first-order valence-electron chi connectivity index (χ1n) is 7.62. The first-order valence-corrected chi connectivity index (χ1v) is 7.62. The molecule has 2 atom stereocenters. The molecule has 0 bridgehead atoms. The van der Waals surface area contributed by atoms with E-state index < -0.39 is 0 Å². The standard InChI is InChI=1S/C16H24N2O3/c1-11(20)13-8-15(18(2)9-13)16(21)17-14-7-5-3-4-6-12(14)10-19/h8-9,12,14,19H,3-7,10H2,1-2H3,(H,17,21). The van der Waals surface area contributed by atoms with Gasteiger partial charge in [0.2, 0.25) is 0 Å². The van der Waals surface area contributed by atoms with Crippen molar-refractivity contribution < 1.29 is 14.7 Å². The van der Waals surface area contributed by atoms with Crippen molar-refractivity contribution in [3.8, 4) is 0 Å². The minimum Gasteiger partial charge on any atom is -0.396 e. The molecule has 1 amide bonds. The van der Waals surface area contributed by atoms with E-state index in [4.69, 9.17) is 0 Å². The molecule has 1 aliphatic rings. The summed E-state index contributed by atoms with van der Waals surface area (Å²) in [5.74, 6) is -0.0910. The first-order chi connectivity index (χ1) is 10.0. The minimum atomic E-state index is -0.171. The Labute approximate surface area is 125 Å². The molecule has 1 saturated carbocycles. The Kier molecular flexibility index (Phi) is 5.17. The van der Waals surface area contributed by atoms with Crippen molar-refractivity contribution in [3.63, 3.8) is 0 Å². The van der Waals surface area contributed by atoms with Crippen LogP contribution in [-0.4, -0.2) is 34.0 Å². The molecule has 0 saturated heterocycles. The predicted octanol–water partition coefficient (Wildman–Crippen LogP) is 1.90. The Morgan fingerprint density at radius 1 is 1.33 bits per heavy atom. The highest BCUT2D eigenvalue weighted by Gasteiger charge is 2.26. The zero-order valence-corrected chi connectivity index (χ0v) is 12.8. The van der Waals surface area contributed by atoms with E-state index in [9.17, 15) is 14.7 Å². The van der Waals surface area contributed by atoms with E-state index >= 15 is 0 Å². The maximum Gasteiger partial charge on any atom is 0.268 e. The Hall–Kier alpha value is -1.62. The Morgan fingerprint density at radius 3 is 2.67 bits per heavy atom. The molecule has 1 heterocycles. The molecule has 1 aromatic heterocycles. The largest absolute Gasteiger partial charge is 0.396 e. The number of aryl methyl sites for hydroxylation is 1. The summed E-state index contributed by atoms with van der Waals surface area (Å²) in [6.07, 6.45) is 6.87. The van der Waals surface area contributed by atoms with Crippen molar-refractivity contribution in [2.75, 3.05) is 6.61 Å². The van der Waals surface area contributed by atoms with Gasteiger partial charge in [-0.3, -0.25) is 9.59 Å². The van der Waals surface area contributed by atoms with E-state index in [0.717, 1.165) is 32.1 Å². The molecule has 116 valence electrons. The van der Waals surface area contributed by atoms with Crippen molar-refractivity contribution in [3.05, 3.63) is 23.5 Å². The molecule has 5 nitrogen and oxygen atoms in total. The number of hydrogen-bond acceptors (Lipinski definition) is 3. The molecule has 1 aromatic rings. The second-order valence-electron chi connectivity index (χ2n) is 5.94. The van der Waals surface area contributed by atoms with Crippen LogP contribution in [-0.2, 0) is 7.05 Å². The van der Waals surface area contributed by atoms with Crippen molar-refractivity contribution >= 4 is 11.7 Å². The van der Waals surface area contributed by atoms with Gasteiger partial charge in [-0.15, -0.1) is 0 Å². The molecule has 0 aromatic carbocycles. The molecule has 1 aliphatic carbocycles. The van der Waals surface area contributed by atoms with Crippen molar-refractivity contribution in [2.24, 2.45) is 13.0 Å². The van der Waals surface area contributed by atoms with Crippen molar-refractivity contribution in [1.82, 2.24) is 9.88 Å². The van der Waals surface area contributed by atoms with E-state index in [1.54, 1.807) is 23.9 Å². The fourth-order valence-electron chi connectivity index (χ4n) is 3.02. The van der Waals surface area contributed by atoms with Gasteiger partial charge in [0.1, 0.15) is 5.69 Å². The van der Waals surface area contributed by atoms with Gasteiger partial charge in [-0.2, -0.15) is 0 Å². The number of nitrogens with zero attached hydrogens (tertiary/aromatic N) is 1.